The zero-order valence-electron chi connectivity index (χ0n) is 14.6. The topological polar surface area (TPSA) is 78.3 Å². The first-order valence-corrected chi connectivity index (χ1v) is 8.54. The van der Waals surface area contributed by atoms with Crippen LogP contribution in [0.15, 0.2) is 45.8 Å². The summed E-state index contributed by atoms with van der Waals surface area (Å²) in [7, 11) is 0. The van der Waals surface area contributed by atoms with Gasteiger partial charge in [0, 0.05) is 49.2 Å². The highest BCUT2D eigenvalue weighted by Gasteiger charge is 2.11. The Morgan fingerprint density at radius 1 is 1.28 bits per heavy atom. The molecule has 5 nitrogen and oxygen atoms in total. The lowest BCUT2D eigenvalue weighted by Crippen LogP contribution is -2.27. The lowest BCUT2D eigenvalue weighted by Gasteiger charge is -2.14. The maximum absolute atomic E-state index is 12.4. The Hall–Kier alpha value is -2.37. The van der Waals surface area contributed by atoms with Gasteiger partial charge in [0.15, 0.2) is 5.43 Å². The predicted molar refractivity (Wildman–Crippen MR) is 98.7 cm³/mol. The van der Waals surface area contributed by atoms with Crippen LogP contribution in [0.2, 0.25) is 0 Å². The first kappa shape index (κ1) is 17.5. The van der Waals surface area contributed by atoms with Crippen molar-refractivity contribution in [1.82, 2.24) is 10.3 Å². The lowest BCUT2D eigenvalue weighted by atomic mass is 10.0. The van der Waals surface area contributed by atoms with Crippen LogP contribution in [0, 0.1) is 19.8 Å². The van der Waals surface area contributed by atoms with Crippen molar-refractivity contribution in [2.75, 3.05) is 13.2 Å². The summed E-state index contributed by atoms with van der Waals surface area (Å²) in [4.78, 5) is 15.7. The van der Waals surface area contributed by atoms with Crippen LogP contribution in [0.4, 0.5) is 0 Å². The lowest BCUT2D eigenvalue weighted by molar-refractivity contribution is 0.215. The molecule has 2 aromatic heterocycles. The fourth-order valence-electron chi connectivity index (χ4n) is 3.18. The molecule has 0 aliphatic carbocycles. The summed E-state index contributed by atoms with van der Waals surface area (Å²) in [6.07, 6.45) is 2.32. The molecule has 1 aromatic carbocycles. The number of aryl methyl sites for hydroxylation is 2. The molecule has 0 radical (unpaired) electrons. The summed E-state index contributed by atoms with van der Waals surface area (Å²) in [5, 5.41) is 13.6. The van der Waals surface area contributed by atoms with Crippen LogP contribution in [0.3, 0.4) is 0 Å². The molecule has 0 bridgehead atoms. The summed E-state index contributed by atoms with van der Waals surface area (Å²) in [6, 6.07) is 9.40. The van der Waals surface area contributed by atoms with Crippen molar-refractivity contribution >= 4 is 10.9 Å². The molecule has 0 saturated heterocycles. The molecule has 0 spiro atoms. The number of hydrogen-bond acceptors (Lipinski definition) is 4. The van der Waals surface area contributed by atoms with Gasteiger partial charge in [0.25, 0.3) is 0 Å². The number of nitrogens with one attached hydrogen (secondary N) is 2. The molecule has 0 amide bonds. The van der Waals surface area contributed by atoms with Gasteiger partial charge < -0.3 is 19.8 Å². The summed E-state index contributed by atoms with van der Waals surface area (Å²) < 4.78 is 5.33. The predicted octanol–water partition coefficient (Wildman–Crippen LogP) is 2.68. The molecule has 1 unspecified atom stereocenters. The first-order valence-electron chi connectivity index (χ1n) is 8.54. The van der Waals surface area contributed by atoms with Gasteiger partial charge in [-0.3, -0.25) is 4.79 Å². The van der Waals surface area contributed by atoms with E-state index in [1.165, 1.54) is 0 Å². The van der Waals surface area contributed by atoms with Crippen molar-refractivity contribution in [1.29, 1.82) is 0 Å². The third-order valence-corrected chi connectivity index (χ3v) is 4.41. The van der Waals surface area contributed by atoms with Gasteiger partial charge in [-0.2, -0.15) is 0 Å². The number of pyridine rings is 1. The van der Waals surface area contributed by atoms with Crippen molar-refractivity contribution in [3.05, 3.63) is 69.4 Å². The first-order chi connectivity index (χ1) is 12.1. The van der Waals surface area contributed by atoms with Crippen LogP contribution in [0.25, 0.3) is 10.9 Å². The molecule has 132 valence electrons. The smallest absolute Gasteiger partial charge is 0.189 e. The van der Waals surface area contributed by atoms with Gasteiger partial charge in [0.1, 0.15) is 5.76 Å². The highest BCUT2D eigenvalue weighted by Crippen LogP contribution is 2.16. The van der Waals surface area contributed by atoms with E-state index in [2.05, 4.69) is 16.4 Å². The number of benzene rings is 1. The molecule has 3 rings (SSSR count). The Labute approximate surface area is 146 Å². The summed E-state index contributed by atoms with van der Waals surface area (Å²) in [5.74, 6) is 0.939. The van der Waals surface area contributed by atoms with E-state index in [0.717, 1.165) is 33.5 Å². The Kier molecular flexibility index (Phi) is 5.36. The average Bonchev–Trinajstić information content (AvgIpc) is 3.08. The van der Waals surface area contributed by atoms with Crippen molar-refractivity contribution in [3.8, 4) is 0 Å². The van der Waals surface area contributed by atoms with E-state index in [1.807, 2.05) is 32.0 Å². The number of H-pyrrole nitrogens is 1. The monoisotopic (exact) mass is 340 g/mol. The number of hydrogen-bond donors (Lipinski definition) is 3. The van der Waals surface area contributed by atoms with Crippen LogP contribution in [0.5, 0.6) is 0 Å². The molecule has 0 aliphatic heterocycles. The standard InChI is InChI=1S/C20H24N2O3/c1-13-6-14(2)20-18(7-13)19(24)9-16(22-20)11-21-10-15(12-23)8-17-4-3-5-25-17/h3-7,9,15,21,23H,8,10-12H2,1-2H3,(H,22,24). The normalized spacial score (nSPS) is 12.6. The molecule has 25 heavy (non-hydrogen) atoms. The third kappa shape index (κ3) is 4.18. The largest absolute Gasteiger partial charge is 0.469 e. The maximum atomic E-state index is 12.4. The van der Waals surface area contributed by atoms with E-state index >= 15 is 0 Å². The van der Waals surface area contributed by atoms with Crippen LogP contribution in [-0.4, -0.2) is 23.2 Å². The van der Waals surface area contributed by atoms with Gasteiger partial charge in [-0.15, -0.1) is 0 Å². The van der Waals surface area contributed by atoms with E-state index in [1.54, 1.807) is 12.3 Å². The second kappa shape index (κ2) is 7.68. The fraction of sp³-hybridized carbons (Fsp3) is 0.350. The average molecular weight is 340 g/mol. The molecular formula is C20H24N2O3. The molecule has 3 N–H and O–H groups in total. The minimum atomic E-state index is 0.0339. The quantitative estimate of drug-likeness (QED) is 0.618. The molecule has 1 atom stereocenters. The number of aromatic amines is 1. The van der Waals surface area contributed by atoms with Crippen molar-refractivity contribution < 1.29 is 9.52 Å². The van der Waals surface area contributed by atoms with E-state index in [9.17, 15) is 9.90 Å². The molecule has 0 aliphatic rings. The Bertz CT molecular complexity index is 897. The van der Waals surface area contributed by atoms with Crippen molar-refractivity contribution in [2.24, 2.45) is 5.92 Å². The van der Waals surface area contributed by atoms with Gasteiger partial charge in [0.2, 0.25) is 0 Å². The minimum Gasteiger partial charge on any atom is -0.469 e. The molecule has 2 heterocycles. The van der Waals surface area contributed by atoms with Crippen LogP contribution >= 0.6 is 0 Å². The Morgan fingerprint density at radius 2 is 2.12 bits per heavy atom. The number of aliphatic hydroxyl groups is 1. The van der Waals surface area contributed by atoms with Gasteiger partial charge in [-0.1, -0.05) is 6.07 Å². The van der Waals surface area contributed by atoms with Crippen LogP contribution in [-0.2, 0) is 13.0 Å². The van der Waals surface area contributed by atoms with Crippen LogP contribution in [0.1, 0.15) is 22.6 Å². The number of rotatable bonds is 7. The number of aromatic nitrogens is 1. The fourth-order valence-corrected chi connectivity index (χ4v) is 3.18. The van der Waals surface area contributed by atoms with E-state index in [4.69, 9.17) is 4.42 Å². The molecule has 5 heteroatoms. The summed E-state index contributed by atoms with van der Waals surface area (Å²) >= 11 is 0. The van der Waals surface area contributed by atoms with Gasteiger partial charge in [-0.05, 0) is 43.2 Å². The van der Waals surface area contributed by atoms with Gasteiger partial charge in [0.05, 0.1) is 11.8 Å². The third-order valence-electron chi connectivity index (χ3n) is 4.41. The van der Waals surface area contributed by atoms with Crippen LogP contribution < -0.4 is 10.7 Å². The Balaban J connectivity index is 1.67. The Morgan fingerprint density at radius 3 is 2.84 bits per heavy atom. The number of aliphatic hydroxyl groups excluding tert-OH is 1. The highest BCUT2D eigenvalue weighted by molar-refractivity contribution is 5.82. The zero-order chi connectivity index (χ0) is 17.8. The second-order valence-electron chi connectivity index (χ2n) is 6.63. The zero-order valence-corrected chi connectivity index (χ0v) is 14.6. The number of fused-ring (bicyclic) bond motifs is 1. The van der Waals surface area contributed by atoms with Gasteiger partial charge in [-0.25, -0.2) is 0 Å². The van der Waals surface area contributed by atoms with E-state index in [-0.39, 0.29) is 18.0 Å². The molecule has 0 saturated carbocycles. The molecular weight excluding hydrogens is 316 g/mol. The van der Waals surface area contributed by atoms with Gasteiger partial charge >= 0.3 is 0 Å². The second-order valence-corrected chi connectivity index (χ2v) is 6.63. The minimum absolute atomic E-state index is 0.0339. The molecule has 3 aromatic rings. The summed E-state index contributed by atoms with van der Waals surface area (Å²) in [5.41, 5.74) is 3.93. The SMILES string of the molecule is Cc1cc(C)c2[nH]c(CNCC(CO)Cc3ccco3)cc(=O)c2c1. The maximum Gasteiger partial charge on any atom is 0.189 e. The van der Waals surface area contributed by atoms with E-state index in [0.29, 0.717) is 19.5 Å². The van der Waals surface area contributed by atoms with Crippen molar-refractivity contribution in [2.45, 2.75) is 26.8 Å². The summed E-state index contributed by atoms with van der Waals surface area (Å²) in [6.45, 7) is 5.28. The van der Waals surface area contributed by atoms with Crippen molar-refractivity contribution in [3.63, 3.8) is 0 Å². The molecule has 0 fully saturated rings. The van der Waals surface area contributed by atoms with E-state index < -0.39 is 0 Å². The highest BCUT2D eigenvalue weighted by atomic mass is 16.3. The number of furan rings is 1.